The third-order valence-electron chi connectivity index (χ3n) is 2.83. The van der Waals surface area contributed by atoms with Crippen LogP contribution in [0.25, 0.3) is 11.0 Å². The van der Waals surface area contributed by atoms with E-state index in [4.69, 9.17) is 16.0 Å². The van der Waals surface area contributed by atoms with E-state index in [1.807, 2.05) is 25.2 Å². The van der Waals surface area contributed by atoms with Gasteiger partial charge in [0.2, 0.25) is 0 Å². The van der Waals surface area contributed by atoms with Crippen molar-refractivity contribution in [2.24, 2.45) is 0 Å². The summed E-state index contributed by atoms with van der Waals surface area (Å²) >= 11 is 6.07. The zero-order valence-corrected chi connectivity index (χ0v) is 10.3. The number of halogens is 1. The molecule has 0 amide bonds. The van der Waals surface area contributed by atoms with E-state index in [1.54, 1.807) is 0 Å². The molecule has 2 nitrogen and oxygen atoms in total. The summed E-state index contributed by atoms with van der Waals surface area (Å²) in [7, 11) is 1.96. The van der Waals surface area contributed by atoms with E-state index in [1.165, 1.54) is 0 Å². The SMILES string of the molecule is CNCCC(C)c1cc2cccc(Cl)c2o1. The Morgan fingerprint density at radius 1 is 1.44 bits per heavy atom. The molecule has 0 aliphatic carbocycles. The van der Waals surface area contributed by atoms with E-state index < -0.39 is 0 Å². The van der Waals surface area contributed by atoms with E-state index in [0.717, 1.165) is 29.7 Å². The largest absolute Gasteiger partial charge is 0.459 e. The van der Waals surface area contributed by atoms with Crippen LogP contribution in [-0.2, 0) is 0 Å². The van der Waals surface area contributed by atoms with Crippen LogP contribution in [0.2, 0.25) is 5.02 Å². The molecule has 86 valence electrons. The summed E-state index contributed by atoms with van der Waals surface area (Å²) in [6.45, 7) is 3.16. The third-order valence-corrected chi connectivity index (χ3v) is 3.13. The van der Waals surface area contributed by atoms with Gasteiger partial charge in [-0.2, -0.15) is 0 Å². The van der Waals surface area contributed by atoms with Crippen LogP contribution in [0.4, 0.5) is 0 Å². The Hall–Kier alpha value is -0.990. The molecule has 0 saturated carbocycles. The van der Waals surface area contributed by atoms with Crippen LogP contribution < -0.4 is 5.32 Å². The zero-order valence-electron chi connectivity index (χ0n) is 9.59. The second kappa shape index (κ2) is 4.89. The average molecular weight is 238 g/mol. The second-order valence-electron chi connectivity index (χ2n) is 4.10. The minimum Gasteiger partial charge on any atom is -0.459 e. The lowest BCUT2D eigenvalue weighted by atomic mass is 10.0. The topological polar surface area (TPSA) is 25.2 Å². The predicted molar refractivity (Wildman–Crippen MR) is 68.2 cm³/mol. The van der Waals surface area contributed by atoms with Crippen molar-refractivity contribution in [3.8, 4) is 0 Å². The summed E-state index contributed by atoms with van der Waals surface area (Å²) in [6.07, 6.45) is 1.06. The molecule has 0 aliphatic heterocycles. The first-order chi connectivity index (χ1) is 7.72. The molecule has 0 fully saturated rings. The van der Waals surface area contributed by atoms with Crippen molar-refractivity contribution in [3.63, 3.8) is 0 Å². The molecule has 0 spiro atoms. The summed E-state index contributed by atoms with van der Waals surface area (Å²) in [5, 5.41) is 4.91. The Labute approximate surface area is 101 Å². The molecule has 1 aromatic carbocycles. The predicted octanol–water partition coefficient (Wildman–Crippen LogP) is 3.80. The lowest BCUT2D eigenvalue weighted by molar-refractivity contribution is 0.484. The summed E-state index contributed by atoms with van der Waals surface area (Å²) in [6, 6.07) is 7.91. The van der Waals surface area contributed by atoms with Crippen molar-refractivity contribution in [2.45, 2.75) is 19.3 Å². The van der Waals surface area contributed by atoms with E-state index in [2.05, 4.69) is 18.3 Å². The van der Waals surface area contributed by atoms with Gasteiger partial charge in [0.05, 0.1) is 5.02 Å². The maximum Gasteiger partial charge on any atom is 0.152 e. The minimum absolute atomic E-state index is 0.413. The Kier molecular flexibility index (Phi) is 3.52. The molecule has 3 heteroatoms. The Balaban J connectivity index is 2.29. The fourth-order valence-corrected chi connectivity index (χ4v) is 2.01. The highest BCUT2D eigenvalue weighted by atomic mass is 35.5. The molecule has 2 aromatic rings. The Morgan fingerprint density at radius 2 is 2.25 bits per heavy atom. The molecule has 1 N–H and O–H groups in total. The maximum atomic E-state index is 6.07. The molecule has 0 aliphatic rings. The number of nitrogens with one attached hydrogen (secondary N) is 1. The van der Waals surface area contributed by atoms with E-state index >= 15 is 0 Å². The quantitative estimate of drug-likeness (QED) is 0.875. The number of hydrogen-bond acceptors (Lipinski definition) is 2. The lowest BCUT2D eigenvalue weighted by Gasteiger charge is -2.06. The van der Waals surface area contributed by atoms with Crippen LogP contribution in [0, 0.1) is 0 Å². The van der Waals surface area contributed by atoms with Crippen molar-refractivity contribution >= 4 is 22.6 Å². The maximum absolute atomic E-state index is 6.07. The van der Waals surface area contributed by atoms with Gasteiger partial charge in [-0.25, -0.2) is 0 Å². The Bertz CT molecular complexity index is 478. The molecule has 0 radical (unpaired) electrons. The van der Waals surface area contributed by atoms with E-state index in [9.17, 15) is 0 Å². The normalized spacial score (nSPS) is 13.2. The third kappa shape index (κ3) is 2.23. The van der Waals surface area contributed by atoms with Crippen LogP contribution in [0.15, 0.2) is 28.7 Å². The monoisotopic (exact) mass is 237 g/mol. The van der Waals surface area contributed by atoms with Crippen molar-refractivity contribution in [3.05, 3.63) is 35.0 Å². The molecular formula is C13H16ClNO. The zero-order chi connectivity index (χ0) is 11.5. The van der Waals surface area contributed by atoms with E-state index in [0.29, 0.717) is 10.9 Å². The van der Waals surface area contributed by atoms with Crippen LogP contribution in [0.3, 0.4) is 0 Å². The van der Waals surface area contributed by atoms with Gasteiger partial charge in [0.25, 0.3) is 0 Å². The molecule has 1 heterocycles. The van der Waals surface area contributed by atoms with E-state index in [-0.39, 0.29) is 0 Å². The van der Waals surface area contributed by atoms with Crippen molar-refractivity contribution < 1.29 is 4.42 Å². The van der Waals surface area contributed by atoms with Crippen LogP contribution >= 0.6 is 11.6 Å². The molecule has 1 unspecified atom stereocenters. The highest BCUT2D eigenvalue weighted by Gasteiger charge is 2.12. The summed E-state index contributed by atoms with van der Waals surface area (Å²) < 4.78 is 5.80. The highest BCUT2D eigenvalue weighted by Crippen LogP contribution is 2.30. The van der Waals surface area contributed by atoms with Gasteiger partial charge >= 0.3 is 0 Å². The van der Waals surface area contributed by atoms with Gasteiger partial charge in [0.15, 0.2) is 5.58 Å². The number of rotatable bonds is 4. The first kappa shape index (κ1) is 11.5. The fourth-order valence-electron chi connectivity index (χ4n) is 1.79. The van der Waals surface area contributed by atoms with Gasteiger partial charge < -0.3 is 9.73 Å². The van der Waals surface area contributed by atoms with Crippen LogP contribution in [0.1, 0.15) is 25.0 Å². The lowest BCUT2D eigenvalue weighted by Crippen LogP contribution is -2.10. The van der Waals surface area contributed by atoms with Crippen molar-refractivity contribution in [1.29, 1.82) is 0 Å². The number of benzene rings is 1. The Morgan fingerprint density at radius 3 is 2.94 bits per heavy atom. The molecule has 1 aromatic heterocycles. The van der Waals surface area contributed by atoms with Crippen molar-refractivity contribution in [2.75, 3.05) is 13.6 Å². The van der Waals surface area contributed by atoms with Crippen LogP contribution in [0.5, 0.6) is 0 Å². The first-order valence-corrected chi connectivity index (χ1v) is 5.92. The summed E-state index contributed by atoms with van der Waals surface area (Å²) in [5.74, 6) is 1.43. The molecule has 2 rings (SSSR count). The number of hydrogen-bond donors (Lipinski definition) is 1. The molecule has 0 saturated heterocycles. The van der Waals surface area contributed by atoms with Crippen LogP contribution in [-0.4, -0.2) is 13.6 Å². The summed E-state index contributed by atoms with van der Waals surface area (Å²) in [5.41, 5.74) is 0.801. The van der Waals surface area contributed by atoms with Gasteiger partial charge in [0, 0.05) is 11.3 Å². The number of para-hydroxylation sites is 1. The molecule has 16 heavy (non-hydrogen) atoms. The summed E-state index contributed by atoms with van der Waals surface area (Å²) in [4.78, 5) is 0. The highest BCUT2D eigenvalue weighted by molar-refractivity contribution is 6.34. The van der Waals surface area contributed by atoms with Gasteiger partial charge in [-0.3, -0.25) is 0 Å². The molecule has 0 bridgehead atoms. The second-order valence-corrected chi connectivity index (χ2v) is 4.51. The van der Waals surface area contributed by atoms with Crippen molar-refractivity contribution in [1.82, 2.24) is 5.32 Å². The average Bonchev–Trinajstić information content (AvgIpc) is 2.71. The minimum atomic E-state index is 0.413. The van der Waals surface area contributed by atoms with Gasteiger partial charge in [0.1, 0.15) is 5.76 Å². The van der Waals surface area contributed by atoms with Gasteiger partial charge in [-0.15, -0.1) is 0 Å². The first-order valence-electron chi connectivity index (χ1n) is 5.55. The van der Waals surface area contributed by atoms with Gasteiger partial charge in [-0.05, 0) is 32.1 Å². The molecular weight excluding hydrogens is 222 g/mol. The standard InChI is InChI=1S/C13H16ClNO/c1-9(6-7-15-2)12-8-10-4-3-5-11(14)13(10)16-12/h3-5,8-9,15H,6-7H2,1-2H3. The smallest absolute Gasteiger partial charge is 0.152 e. The molecule has 1 atom stereocenters. The fraction of sp³-hybridized carbons (Fsp3) is 0.385. The number of furan rings is 1. The number of fused-ring (bicyclic) bond motifs is 1. The van der Waals surface area contributed by atoms with Gasteiger partial charge in [-0.1, -0.05) is 30.7 Å².